The Morgan fingerprint density at radius 3 is 2.85 bits per heavy atom. The number of anilines is 4. The molecule has 0 saturated carbocycles. The largest absolute Gasteiger partial charge is 0.379 e. The fourth-order valence-electron chi connectivity index (χ4n) is 3.83. The van der Waals surface area contributed by atoms with Crippen LogP contribution in [0.15, 0.2) is 34.8 Å². The molecule has 0 fully saturated rings. The molecule has 0 spiro atoms. The number of benzene rings is 2. The number of rotatable bonds is 2. The van der Waals surface area contributed by atoms with Gasteiger partial charge in [-0.2, -0.15) is 0 Å². The fourth-order valence-corrected chi connectivity index (χ4v) is 4.40. The van der Waals surface area contributed by atoms with Gasteiger partial charge in [0, 0.05) is 34.7 Å². The molecule has 2 aromatic carbocycles. The van der Waals surface area contributed by atoms with Crippen LogP contribution in [0.1, 0.15) is 37.3 Å². The van der Waals surface area contributed by atoms with Gasteiger partial charge in [0.1, 0.15) is 0 Å². The number of fused-ring (bicyclic) bond motifs is 2. The molecule has 2 N–H and O–H groups in total. The maximum atomic E-state index is 13.4. The highest BCUT2D eigenvalue weighted by atomic mass is 79.9. The van der Waals surface area contributed by atoms with Crippen LogP contribution in [-0.4, -0.2) is 18.5 Å². The lowest BCUT2D eigenvalue weighted by atomic mass is 9.98. The average molecular weight is 436 g/mol. The number of nitrogens with one attached hydrogen (secondary N) is 2. The lowest BCUT2D eigenvalue weighted by Crippen LogP contribution is -2.26. The summed E-state index contributed by atoms with van der Waals surface area (Å²) in [7, 11) is 0. The Hall–Kier alpha value is -2.15. The van der Waals surface area contributed by atoms with Gasteiger partial charge < -0.3 is 15.5 Å². The second-order valence-electron chi connectivity index (χ2n) is 7.06. The molecule has 27 heavy (non-hydrogen) atoms. The molecule has 142 valence electrons. The van der Waals surface area contributed by atoms with Crippen molar-refractivity contribution >= 4 is 44.6 Å². The predicted octanol–water partition coefficient (Wildman–Crippen LogP) is 5.61. The lowest BCUT2D eigenvalue weighted by molar-refractivity contribution is -0.116. The van der Waals surface area contributed by atoms with Gasteiger partial charge in [-0.15, -0.1) is 0 Å². The van der Waals surface area contributed by atoms with Gasteiger partial charge >= 0.3 is 0 Å². The van der Waals surface area contributed by atoms with E-state index in [1.165, 1.54) is 0 Å². The van der Waals surface area contributed by atoms with Gasteiger partial charge in [-0.1, -0.05) is 22.0 Å². The Kier molecular flexibility index (Phi) is 4.80. The van der Waals surface area contributed by atoms with Crippen LogP contribution < -0.4 is 15.5 Å². The third-order valence-electron chi connectivity index (χ3n) is 5.04. The molecule has 1 amide bonds. The fraction of sp³-hybridized carbons (Fsp3) is 0.350. The van der Waals surface area contributed by atoms with Gasteiger partial charge in [0.2, 0.25) is 5.91 Å². The number of halogens is 3. The molecule has 0 saturated heterocycles. The monoisotopic (exact) mass is 435 g/mol. The second kappa shape index (κ2) is 7.11. The average Bonchev–Trinajstić information content (AvgIpc) is 2.76. The van der Waals surface area contributed by atoms with E-state index in [0.29, 0.717) is 10.9 Å². The summed E-state index contributed by atoms with van der Waals surface area (Å²) in [6.07, 6.45) is -0.380. The lowest BCUT2D eigenvalue weighted by Gasteiger charge is -2.34. The zero-order valence-electron chi connectivity index (χ0n) is 14.9. The number of para-hydroxylation sites is 1. The maximum Gasteiger partial charge on any atom is 0.265 e. The molecule has 4 rings (SSSR count). The highest BCUT2D eigenvalue weighted by molar-refractivity contribution is 9.10. The molecule has 2 aliphatic rings. The molecular weight excluding hydrogens is 416 g/mol. The standard InChI is InChI=1S/C20H20BrF2N3O/c1-11-8-18(27)25-15-5-2-6-16(19(15)24-11)26-7-3-4-12-9-14(21)13(20(22)23)10-17(12)26/h2,5-6,9-11,20,24H,3-4,7-8H2,1H3,(H,25,27). The van der Waals surface area contributed by atoms with Crippen molar-refractivity contribution in [3.05, 3.63) is 45.9 Å². The van der Waals surface area contributed by atoms with Crippen molar-refractivity contribution in [1.29, 1.82) is 0 Å². The van der Waals surface area contributed by atoms with Crippen LogP contribution in [0.2, 0.25) is 0 Å². The molecular formula is C20H20BrF2N3O. The first-order valence-corrected chi connectivity index (χ1v) is 9.80. The van der Waals surface area contributed by atoms with Gasteiger partial charge in [-0.05, 0) is 49.6 Å². The number of nitrogens with zero attached hydrogens (tertiary/aromatic N) is 1. The van der Waals surface area contributed by atoms with Crippen molar-refractivity contribution in [2.75, 3.05) is 22.1 Å². The van der Waals surface area contributed by atoms with Crippen molar-refractivity contribution < 1.29 is 13.6 Å². The maximum absolute atomic E-state index is 13.4. The molecule has 0 aromatic heterocycles. The number of carbonyl (C=O) groups is 1. The van der Waals surface area contributed by atoms with E-state index in [4.69, 9.17) is 0 Å². The first-order valence-electron chi connectivity index (χ1n) is 9.01. The summed E-state index contributed by atoms with van der Waals surface area (Å²) in [4.78, 5) is 14.1. The summed E-state index contributed by atoms with van der Waals surface area (Å²) in [6.45, 7) is 2.69. The van der Waals surface area contributed by atoms with Crippen LogP contribution in [0, 0.1) is 0 Å². The van der Waals surface area contributed by atoms with E-state index in [1.54, 1.807) is 6.07 Å². The van der Waals surface area contributed by atoms with Gasteiger partial charge in [-0.3, -0.25) is 4.79 Å². The summed E-state index contributed by atoms with van der Waals surface area (Å²) in [5.41, 5.74) is 4.30. The van der Waals surface area contributed by atoms with E-state index in [0.717, 1.165) is 47.7 Å². The van der Waals surface area contributed by atoms with Crippen LogP contribution in [0.4, 0.5) is 31.5 Å². The second-order valence-corrected chi connectivity index (χ2v) is 7.91. The van der Waals surface area contributed by atoms with Gasteiger partial charge in [0.15, 0.2) is 0 Å². The predicted molar refractivity (Wildman–Crippen MR) is 107 cm³/mol. The zero-order chi connectivity index (χ0) is 19.1. The molecule has 1 atom stereocenters. The first-order chi connectivity index (χ1) is 12.9. The van der Waals surface area contributed by atoms with E-state index in [2.05, 4.69) is 31.5 Å². The summed E-state index contributed by atoms with van der Waals surface area (Å²) in [5.74, 6) is -0.0335. The van der Waals surface area contributed by atoms with Crippen molar-refractivity contribution in [2.24, 2.45) is 0 Å². The minimum absolute atomic E-state index is 0.00250. The van der Waals surface area contributed by atoms with E-state index in [-0.39, 0.29) is 17.5 Å². The number of hydrogen-bond acceptors (Lipinski definition) is 3. The Bertz CT molecular complexity index is 903. The van der Waals surface area contributed by atoms with Gasteiger partial charge in [0.05, 0.1) is 17.1 Å². The van der Waals surface area contributed by atoms with Crippen molar-refractivity contribution in [3.63, 3.8) is 0 Å². The number of hydrogen-bond donors (Lipinski definition) is 2. The summed E-state index contributed by atoms with van der Waals surface area (Å²) in [6, 6.07) is 9.09. The molecule has 1 unspecified atom stereocenters. The third-order valence-corrected chi connectivity index (χ3v) is 5.73. The minimum atomic E-state index is -2.54. The summed E-state index contributed by atoms with van der Waals surface area (Å²) >= 11 is 3.28. The van der Waals surface area contributed by atoms with Crippen LogP contribution >= 0.6 is 15.9 Å². The Morgan fingerprint density at radius 2 is 2.07 bits per heavy atom. The van der Waals surface area contributed by atoms with E-state index >= 15 is 0 Å². The smallest absolute Gasteiger partial charge is 0.265 e. The number of carbonyl (C=O) groups excluding carboxylic acids is 1. The van der Waals surface area contributed by atoms with Gasteiger partial charge in [0.25, 0.3) is 6.43 Å². The summed E-state index contributed by atoms with van der Waals surface area (Å²) in [5, 5.41) is 6.36. The molecule has 0 bridgehead atoms. The van der Waals surface area contributed by atoms with E-state index in [1.807, 2.05) is 31.2 Å². The SMILES string of the molecule is CC1CC(=O)Nc2cccc(N3CCCc4cc(Br)c(C(F)F)cc43)c2N1. The number of aryl methyl sites for hydroxylation is 1. The summed E-state index contributed by atoms with van der Waals surface area (Å²) < 4.78 is 27.3. The molecule has 4 nitrogen and oxygen atoms in total. The van der Waals surface area contributed by atoms with E-state index < -0.39 is 6.43 Å². The zero-order valence-corrected chi connectivity index (χ0v) is 16.4. The molecule has 7 heteroatoms. The normalized spacial score (nSPS) is 19.1. The third kappa shape index (κ3) is 3.40. The molecule has 2 aliphatic heterocycles. The molecule has 0 aliphatic carbocycles. The number of amides is 1. The van der Waals surface area contributed by atoms with Crippen molar-refractivity contribution in [3.8, 4) is 0 Å². The van der Waals surface area contributed by atoms with Gasteiger partial charge in [-0.25, -0.2) is 8.78 Å². The van der Waals surface area contributed by atoms with Crippen LogP contribution in [0.25, 0.3) is 0 Å². The Labute approximate surface area is 165 Å². The van der Waals surface area contributed by atoms with Crippen molar-refractivity contribution in [1.82, 2.24) is 0 Å². The minimum Gasteiger partial charge on any atom is -0.379 e. The Morgan fingerprint density at radius 1 is 1.26 bits per heavy atom. The first kappa shape index (κ1) is 18.2. The highest BCUT2D eigenvalue weighted by Crippen LogP contribution is 2.44. The molecule has 2 aromatic rings. The van der Waals surface area contributed by atoms with E-state index in [9.17, 15) is 13.6 Å². The number of alkyl halides is 2. The molecule has 2 heterocycles. The van der Waals surface area contributed by atoms with Crippen LogP contribution in [-0.2, 0) is 11.2 Å². The highest BCUT2D eigenvalue weighted by Gasteiger charge is 2.27. The Balaban J connectivity index is 1.84. The molecule has 0 radical (unpaired) electrons. The van der Waals surface area contributed by atoms with Crippen molar-refractivity contribution in [2.45, 2.75) is 38.7 Å². The topological polar surface area (TPSA) is 44.4 Å². The van der Waals surface area contributed by atoms with Crippen LogP contribution in [0.5, 0.6) is 0 Å². The van der Waals surface area contributed by atoms with Crippen LogP contribution in [0.3, 0.4) is 0 Å². The quantitative estimate of drug-likeness (QED) is 0.643.